The maximum atomic E-state index is 14.2. The van der Waals surface area contributed by atoms with Crippen LogP contribution < -0.4 is 5.56 Å². The summed E-state index contributed by atoms with van der Waals surface area (Å²) in [6.07, 6.45) is 2.53. The molecule has 146 valence electrons. The third-order valence-corrected chi connectivity index (χ3v) is 5.51. The van der Waals surface area contributed by atoms with E-state index in [2.05, 4.69) is 4.98 Å². The first-order valence-electron chi connectivity index (χ1n) is 9.53. The zero-order chi connectivity index (χ0) is 20.4. The predicted molar refractivity (Wildman–Crippen MR) is 104 cm³/mol. The minimum atomic E-state index is -0.402. The fraction of sp³-hybridized carbons (Fsp3) is 0.409. The van der Waals surface area contributed by atoms with Gasteiger partial charge >= 0.3 is 0 Å². The molecule has 0 spiro atoms. The van der Waals surface area contributed by atoms with E-state index in [-0.39, 0.29) is 35.8 Å². The Morgan fingerprint density at radius 1 is 1.36 bits per heavy atom. The molecule has 2 aromatic rings. The van der Waals surface area contributed by atoms with Crippen molar-refractivity contribution >= 4 is 5.91 Å². The summed E-state index contributed by atoms with van der Waals surface area (Å²) in [5.41, 5.74) is 2.32. The van der Waals surface area contributed by atoms with E-state index in [4.69, 9.17) is 0 Å². The summed E-state index contributed by atoms with van der Waals surface area (Å²) >= 11 is 0. The smallest absolute Gasteiger partial charge is 0.266 e. The number of hydrogen-bond acceptors (Lipinski definition) is 3. The molecule has 0 bridgehead atoms. The number of H-pyrrole nitrogens is 1. The number of carbonyl (C=O) groups is 1. The first-order chi connectivity index (χ1) is 13.3. The molecule has 5 nitrogen and oxygen atoms in total. The number of aromatic amines is 1. The molecule has 0 radical (unpaired) electrons. The van der Waals surface area contributed by atoms with Gasteiger partial charge in [-0.1, -0.05) is 18.2 Å². The van der Waals surface area contributed by atoms with Crippen molar-refractivity contribution in [2.24, 2.45) is 0 Å². The fourth-order valence-electron chi connectivity index (χ4n) is 3.83. The fourth-order valence-corrected chi connectivity index (χ4v) is 3.83. The van der Waals surface area contributed by atoms with Crippen LogP contribution in [-0.4, -0.2) is 21.8 Å². The lowest BCUT2D eigenvalue weighted by Crippen LogP contribution is -2.36. The Morgan fingerprint density at radius 3 is 2.64 bits per heavy atom. The van der Waals surface area contributed by atoms with E-state index in [9.17, 15) is 19.2 Å². The van der Waals surface area contributed by atoms with Gasteiger partial charge in [-0.25, -0.2) is 4.39 Å². The largest absolute Gasteiger partial charge is 0.333 e. The number of pyridine rings is 1. The number of carbonyl (C=O) groups excluding carboxylic acids is 1. The van der Waals surface area contributed by atoms with Crippen LogP contribution in [0.2, 0.25) is 0 Å². The van der Waals surface area contributed by atoms with Gasteiger partial charge in [0.25, 0.3) is 5.56 Å². The number of nitrogens with zero attached hydrogens (tertiary/aromatic N) is 2. The van der Waals surface area contributed by atoms with Gasteiger partial charge in [-0.2, -0.15) is 5.26 Å². The van der Waals surface area contributed by atoms with Gasteiger partial charge < -0.3 is 9.88 Å². The second-order valence-electron chi connectivity index (χ2n) is 7.40. The maximum absolute atomic E-state index is 14.2. The molecule has 1 saturated carbocycles. The van der Waals surface area contributed by atoms with Gasteiger partial charge in [0.2, 0.25) is 5.91 Å². The molecular weight excluding hydrogens is 357 g/mol. The van der Waals surface area contributed by atoms with Gasteiger partial charge in [0, 0.05) is 23.7 Å². The highest BCUT2D eigenvalue weighted by atomic mass is 19.1. The SMILES string of the molecule is Cc1[nH]c(=O)c(C#N)c(C)c1CCC(=O)N(C1CC1)C(C)c1ccccc1F. The van der Waals surface area contributed by atoms with Crippen LogP contribution in [0.4, 0.5) is 4.39 Å². The van der Waals surface area contributed by atoms with E-state index >= 15 is 0 Å². The first-order valence-corrected chi connectivity index (χ1v) is 9.53. The standard InChI is InChI=1S/C22H24FN3O2/c1-13-17(14(2)25-22(28)19(13)12-24)10-11-21(27)26(16-8-9-16)15(3)18-6-4-5-7-20(18)23/h4-7,15-16H,8-11H2,1-3H3,(H,25,28). The third kappa shape index (κ3) is 3.84. The second kappa shape index (κ2) is 7.97. The van der Waals surface area contributed by atoms with Gasteiger partial charge in [0.15, 0.2) is 0 Å². The average molecular weight is 381 g/mol. The van der Waals surface area contributed by atoms with E-state index in [1.807, 2.05) is 13.0 Å². The first kappa shape index (κ1) is 19.8. The molecule has 0 saturated heterocycles. The Balaban J connectivity index is 1.81. The lowest BCUT2D eigenvalue weighted by Gasteiger charge is -2.30. The minimum absolute atomic E-state index is 0.0400. The van der Waals surface area contributed by atoms with Crippen molar-refractivity contribution < 1.29 is 9.18 Å². The van der Waals surface area contributed by atoms with E-state index in [1.165, 1.54) is 6.07 Å². The number of amides is 1. The number of nitriles is 1. The van der Waals surface area contributed by atoms with Crippen LogP contribution in [0.5, 0.6) is 0 Å². The minimum Gasteiger partial charge on any atom is -0.333 e. The molecule has 1 aromatic carbocycles. The molecule has 1 aromatic heterocycles. The van der Waals surface area contributed by atoms with Crippen LogP contribution in [-0.2, 0) is 11.2 Å². The molecule has 1 aliphatic rings. The summed E-state index contributed by atoms with van der Waals surface area (Å²) in [5.74, 6) is -0.346. The molecule has 1 atom stereocenters. The normalized spacial score (nSPS) is 14.4. The number of halogens is 1. The predicted octanol–water partition coefficient (Wildman–Crippen LogP) is 3.69. The van der Waals surface area contributed by atoms with Crippen molar-refractivity contribution in [2.45, 2.75) is 58.5 Å². The van der Waals surface area contributed by atoms with E-state index in [0.717, 1.165) is 18.4 Å². The van der Waals surface area contributed by atoms with Gasteiger partial charge in [0.05, 0.1) is 6.04 Å². The lowest BCUT2D eigenvalue weighted by molar-refractivity contribution is -0.134. The molecular formula is C22H24FN3O2. The molecule has 1 aliphatic carbocycles. The Labute approximate surface area is 163 Å². The molecule has 6 heteroatoms. The van der Waals surface area contributed by atoms with Crippen molar-refractivity contribution in [3.05, 3.63) is 68.4 Å². The Kier molecular flexibility index (Phi) is 5.64. The van der Waals surface area contributed by atoms with Gasteiger partial charge in [0.1, 0.15) is 17.4 Å². The Bertz CT molecular complexity index is 1000. The van der Waals surface area contributed by atoms with E-state index in [0.29, 0.717) is 23.2 Å². The van der Waals surface area contributed by atoms with E-state index < -0.39 is 5.56 Å². The number of hydrogen-bond donors (Lipinski definition) is 1. The van der Waals surface area contributed by atoms with Crippen molar-refractivity contribution in [2.75, 3.05) is 0 Å². The highest BCUT2D eigenvalue weighted by Crippen LogP contribution is 2.35. The van der Waals surface area contributed by atoms with Crippen molar-refractivity contribution in [3.63, 3.8) is 0 Å². The summed E-state index contributed by atoms with van der Waals surface area (Å²) in [7, 11) is 0. The highest BCUT2D eigenvalue weighted by molar-refractivity contribution is 5.78. The van der Waals surface area contributed by atoms with Crippen LogP contribution in [0.3, 0.4) is 0 Å². The molecule has 1 fully saturated rings. The summed E-state index contributed by atoms with van der Waals surface area (Å²) < 4.78 is 14.2. The van der Waals surface area contributed by atoms with Gasteiger partial charge in [-0.05, 0) is 57.2 Å². The highest BCUT2D eigenvalue weighted by Gasteiger charge is 2.36. The van der Waals surface area contributed by atoms with Crippen LogP contribution in [0, 0.1) is 31.0 Å². The zero-order valence-electron chi connectivity index (χ0n) is 16.4. The summed E-state index contributed by atoms with van der Waals surface area (Å²) in [6, 6.07) is 8.30. The van der Waals surface area contributed by atoms with Gasteiger partial charge in [-0.15, -0.1) is 0 Å². The molecule has 0 aliphatic heterocycles. The van der Waals surface area contributed by atoms with Crippen molar-refractivity contribution in [1.82, 2.24) is 9.88 Å². The monoisotopic (exact) mass is 381 g/mol. The van der Waals surface area contributed by atoms with Crippen LogP contribution in [0.15, 0.2) is 29.1 Å². The lowest BCUT2D eigenvalue weighted by atomic mass is 9.98. The molecule has 3 rings (SSSR count). The maximum Gasteiger partial charge on any atom is 0.266 e. The zero-order valence-corrected chi connectivity index (χ0v) is 16.4. The quantitative estimate of drug-likeness (QED) is 0.829. The van der Waals surface area contributed by atoms with E-state index in [1.54, 1.807) is 36.9 Å². The number of aromatic nitrogens is 1. The van der Waals surface area contributed by atoms with Crippen LogP contribution in [0.1, 0.15) is 60.2 Å². The number of aryl methyl sites for hydroxylation is 1. The Morgan fingerprint density at radius 2 is 2.04 bits per heavy atom. The molecule has 1 N–H and O–H groups in total. The van der Waals surface area contributed by atoms with Crippen LogP contribution >= 0.6 is 0 Å². The molecule has 1 heterocycles. The van der Waals surface area contributed by atoms with Crippen molar-refractivity contribution in [3.8, 4) is 6.07 Å². The van der Waals surface area contributed by atoms with Crippen molar-refractivity contribution in [1.29, 1.82) is 5.26 Å². The average Bonchev–Trinajstić information content (AvgIpc) is 3.47. The third-order valence-electron chi connectivity index (χ3n) is 5.51. The number of nitrogens with one attached hydrogen (secondary N) is 1. The summed E-state index contributed by atoms with van der Waals surface area (Å²) in [4.78, 5) is 29.4. The van der Waals surface area contributed by atoms with Gasteiger partial charge in [-0.3, -0.25) is 9.59 Å². The Hall–Kier alpha value is -2.94. The summed E-state index contributed by atoms with van der Waals surface area (Å²) in [6.45, 7) is 5.37. The second-order valence-corrected chi connectivity index (χ2v) is 7.40. The number of rotatable bonds is 6. The molecule has 1 unspecified atom stereocenters. The topological polar surface area (TPSA) is 77.0 Å². The van der Waals surface area contributed by atoms with Crippen LogP contribution in [0.25, 0.3) is 0 Å². The summed E-state index contributed by atoms with van der Waals surface area (Å²) in [5, 5.41) is 9.21. The molecule has 1 amide bonds. The molecule has 28 heavy (non-hydrogen) atoms. The number of benzene rings is 1.